The van der Waals surface area contributed by atoms with Crippen molar-refractivity contribution < 1.29 is 23.8 Å². The number of hydrogen-bond donors (Lipinski definition) is 1. The molecule has 2 aliphatic heterocycles. The van der Waals surface area contributed by atoms with Gasteiger partial charge in [0, 0.05) is 37.9 Å². The van der Waals surface area contributed by atoms with Crippen LogP contribution >= 0.6 is 0 Å². The first kappa shape index (κ1) is 25.6. The van der Waals surface area contributed by atoms with Crippen molar-refractivity contribution in [1.82, 2.24) is 4.90 Å². The molecule has 0 aromatic heterocycles. The number of cyclic esters (lactones) is 1. The Balaban J connectivity index is 1.05. The van der Waals surface area contributed by atoms with E-state index in [0.717, 1.165) is 54.4 Å². The molecule has 5 rings (SSSR count). The minimum Gasteiger partial charge on any atom is -0.490 e. The number of carbonyl (C=O) groups excluding carboxylic acids is 2. The highest BCUT2D eigenvalue weighted by molar-refractivity contribution is 5.90. The normalized spacial score (nSPS) is 18.2. The van der Waals surface area contributed by atoms with Crippen LogP contribution in [0.5, 0.6) is 11.5 Å². The minimum absolute atomic E-state index is 0.0934. The molecule has 3 aromatic carbocycles. The van der Waals surface area contributed by atoms with E-state index in [1.54, 1.807) is 4.90 Å². The fourth-order valence-electron chi connectivity index (χ4n) is 4.80. The van der Waals surface area contributed by atoms with Crippen LogP contribution in [0.1, 0.15) is 25.3 Å². The minimum atomic E-state index is -0.311. The van der Waals surface area contributed by atoms with Crippen molar-refractivity contribution >= 4 is 23.4 Å². The van der Waals surface area contributed by atoms with Gasteiger partial charge in [-0.25, -0.2) is 4.79 Å². The molecule has 0 radical (unpaired) electrons. The van der Waals surface area contributed by atoms with Crippen molar-refractivity contribution in [2.45, 2.75) is 38.6 Å². The summed E-state index contributed by atoms with van der Waals surface area (Å²) in [6, 6.07) is 25.0. The van der Waals surface area contributed by atoms with Gasteiger partial charge in [-0.3, -0.25) is 14.6 Å². The van der Waals surface area contributed by atoms with Crippen LogP contribution in [0, 0.1) is 0 Å². The molecule has 2 saturated heterocycles. The average molecular weight is 516 g/mol. The van der Waals surface area contributed by atoms with Crippen LogP contribution in [-0.4, -0.2) is 55.3 Å². The van der Waals surface area contributed by atoms with Crippen LogP contribution in [0.3, 0.4) is 0 Å². The Kier molecular flexibility index (Phi) is 8.09. The standard InChI is InChI=1S/C30H33N3O5/c1-22(34)31-24-7-11-27(12-8-24)37-28-15-17-32(18-16-28)19-29-20-33(30(35)38-29)25-9-13-26(14-10-25)36-21-23-5-3-2-4-6-23/h2-14,28-29H,15-21H2,1H3,(H,31,34). The fraction of sp³-hybridized carbons (Fsp3) is 0.333. The maximum atomic E-state index is 12.6. The van der Waals surface area contributed by atoms with E-state index in [-0.39, 0.29) is 24.2 Å². The lowest BCUT2D eigenvalue weighted by atomic mass is 10.1. The third-order valence-corrected chi connectivity index (χ3v) is 6.74. The third-order valence-electron chi connectivity index (χ3n) is 6.74. The Morgan fingerprint density at radius 2 is 1.63 bits per heavy atom. The van der Waals surface area contributed by atoms with Crippen LogP contribution in [0.25, 0.3) is 0 Å². The first-order chi connectivity index (χ1) is 18.5. The molecule has 198 valence electrons. The monoisotopic (exact) mass is 515 g/mol. The molecule has 2 fully saturated rings. The van der Waals surface area contributed by atoms with Crippen molar-refractivity contribution in [2.75, 3.05) is 36.4 Å². The summed E-state index contributed by atoms with van der Waals surface area (Å²) >= 11 is 0. The van der Waals surface area contributed by atoms with E-state index in [1.807, 2.05) is 78.9 Å². The van der Waals surface area contributed by atoms with Crippen molar-refractivity contribution in [2.24, 2.45) is 0 Å². The summed E-state index contributed by atoms with van der Waals surface area (Å²) in [6.07, 6.45) is 1.47. The van der Waals surface area contributed by atoms with Gasteiger partial charge in [-0.05, 0) is 66.9 Å². The maximum absolute atomic E-state index is 12.6. The topological polar surface area (TPSA) is 80.3 Å². The highest BCUT2D eigenvalue weighted by atomic mass is 16.6. The lowest BCUT2D eigenvalue weighted by Gasteiger charge is -2.33. The van der Waals surface area contributed by atoms with Gasteiger partial charge in [0.2, 0.25) is 5.91 Å². The van der Waals surface area contributed by atoms with Gasteiger partial charge in [-0.1, -0.05) is 30.3 Å². The van der Waals surface area contributed by atoms with Gasteiger partial charge in [0.25, 0.3) is 0 Å². The molecule has 2 heterocycles. The molecule has 8 heteroatoms. The SMILES string of the molecule is CC(=O)Nc1ccc(OC2CCN(CC3CN(c4ccc(OCc5ccccc5)cc4)C(=O)O3)CC2)cc1. The van der Waals surface area contributed by atoms with Crippen molar-refractivity contribution in [3.8, 4) is 11.5 Å². The summed E-state index contributed by atoms with van der Waals surface area (Å²) in [5, 5.41) is 2.76. The number of nitrogens with one attached hydrogen (secondary N) is 1. The van der Waals surface area contributed by atoms with Crippen LogP contribution in [-0.2, 0) is 16.1 Å². The highest BCUT2D eigenvalue weighted by Gasteiger charge is 2.34. The number of carbonyl (C=O) groups is 2. The Morgan fingerprint density at radius 3 is 2.32 bits per heavy atom. The molecule has 0 bridgehead atoms. The molecular weight excluding hydrogens is 482 g/mol. The first-order valence-corrected chi connectivity index (χ1v) is 13.0. The zero-order valence-electron chi connectivity index (χ0n) is 21.5. The molecule has 1 unspecified atom stereocenters. The first-order valence-electron chi connectivity index (χ1n) is 13.0. The molecule has 0 aliphatic carbocycles. The quantitative estimate of drug-likeness (QED) is 0.428. The number of anilines is 2. The molecule has 38 heavy (non-hydrogen) atoms. The fourth-order valence-corrected chi connectivity index (χ4v) is 4.80. The van der Waals surface area contributed by atoms with Gasteiger partial charge < -0.3 is 19.5 Å². The number of amides is 2. The Hall–Kier alpha value is -4.04. The van der Waals surface area contributed by atoms with Gasteiger partial charge >= 0.3 is 6.09 Å². The number of piperidine rings is 1. The Labute approximate surface area is 223 Å². The molecule has 0 spiro atoms. The van der Waals surface area contributed by atoms with Crippen LogP contribution < -0.4 is 19.7 Å². The zero-order valence-corrected chi connectivity index (χ0v) is 21.5. The van der Waals surface area contributed by atoms with E-state index >= 15 is 0 Å². The van der Waals surface area contributed by atoms with Gasteiger partial charge in [0.1, 0.15) is 30.3 Å². The van der Waals surface area contributed by atoms with Crippen LogP contribution in [0.2, 0.25) is 0 Å². The van der Waals surface area contributed by atoms with E-state index in [2.05, 4.69) is 10.2 Å². The maximum Gasteiger partial charge on any atom is 0.414 e. The summed E-state index contributed by atoms with van der Waals surface area (Å²) in [5.74, 6) is 1.47. The molecule has 1 atom stereocenters. The van der Waals surface area contributed by atoms with Gasteiger partial charge in [-0.15, -0.1) is 0 Å². The summed E-state index contributed by atoms with van der Waals surface area (Å²) < 4.78 is 17.7. The molecule has 3 aromatic rings. The third kappa shape index (κ3) is 6.83. The molecule has 1 N–H and O–H groups in total. The van der Waals surface area contributed by atoms with Crippen molar-refractivity contribution in [1.29, 1.82) is 0 Å². The van der Waals surface area contributed by atoms with E-state index in [0.29, 0.717) is 19.7 Å². The van der Waals surface area contributed by atoms with E-state index < -0.39 is 0 Å². The lowest BCUT2D eigenvalue weighted by Crippen LogP contribution is -2.42. The molecule has 2 aliphatic rings. The summed E-state index contributed by atoms with van der Waals surface area (Å²) in [5.41, 5.74) is 2.67. The van der Waals surface area contributed by atoms with Crippen molar-refractivity contribution in [3.63, 3.8) is 0 Å². The average Bonchev–Trinajstić information content (AvgIpc) is 3.30. The van der Waals surface area contributed by atoms with Crippen molar-refractivity contribution in [3.05, 3.63) is 84.4 Å². The Morgan fingerprint density at radius 1 is 0.947 bits per heavy atom. The predicted molar refractivity (Wildman–Crippen MR) is 146 cm³/mol. The number of rotatable bonds is 9. The smallest absolute Gasteiger partial charge is 0.414 e. The van der Waals surface area contributed by atoms with E-state index in [4.69, 9.17) is 14.2 Å². The molecule has 2 amide bonds. The van der Waals surface area contributed by atoms with Crippen LogP contribution in [0.4, 0.5) is 16.2 Å². The lowest BCUT2D eigenvalue weighted by molar-refractivity contribution is -0.114. The zero-order chi connectivity index (χ0) is 26.3. The summed E-state index contributed by atoms with van der Waals surface area (Å²) in [7, 11) is 0. The Bertz CT molecular complexity index is 1210. The number of hydrogen-bond acceptors (Lipinski definition) is 6. The molecule has 8 nitrogen and oxygen atoms in total. The number of benzene rings is 3. The van der Waals surface area contributed by atoms with Crippen LogP contribution in [0.15, 0.2) is 78.9 Å². The summed E-state index contributed by atoms with van der Waals surface area (Å²) in [6.45, 7) is 4.99. The molecular formula is C30H33N3O5. The molecule has 0 saturated carbocycles. The number of ether oxygens (including phenoxy) is 3. The van der Waals surface area contributed by atoms with E-state index in [9.17, 15) is 9.59 Å². The largest absolute Gasteiger partial charge is 0.490 e. The van der Waals surface area contributed by atoms with Gasteiger partial charge in [0.15, 0.2) is 0 Å². The highest BCUT2D eigenvalue weighted by Crippen LogP contribution is 2.26. The van der Waals surface area contributed by atoms with Gasteiger partial charge in [-0.2, -0.15) is 0 Å². The second-order valence-electron chi connectivity index (χ2n) is 9.71. The number of likely N-dealkylation sites (tertiary alicyclic amines) is 1. The summed E-state index contributed by atoms with van der Waals surface area (Å²) in [4.78, 5) is 27.8. The predicted octanol–water partition coefficient (Wildman–Crippen LogP) is 5.09. The second kappa shape index (κ2) is 12.0. The second-order valence-corrected chi connectivity index (χ2v) is 9.71. The number of nitrogens with zero attached hydrogens (tertiary/aromatic N) is 2. The van der Waals surface area contributed by atoms with E-state index in [1.165, 1.54) is 6.92 Å². The van der Waals surface area contributed by atoms with Gasteiger partial charge in [0.05, 0.1) is 6.54 Å².